The summed E-state index contributed by atoms with van der Waals surface area (Å²) in [4.78, 5) is 11.2. The van der Waals surface area contributed by atoms with Gasteiger partial charge in [-0.05, 0) is 18.2 Å². The molecule has 0 fully saturated rings. The lowest BCUT2D eigenvalue weighted by atomic mass is 10.2. The van der Waals surface area contributed by atoms with Gasteiger partial charge >= 0.3 is 5.97 Å². The molecule has 0 aliphatic carbocycles. The highest BCUT2D eigenvalue weighted by Crippen LogP contribution is 2.23. The van der Waals surface area contributed by atoms with Crippen LogP contribution in [-0.4, -0.2) is 19.7 Å². The molecule has 0 spiro atoms. The fourth-order valence-corrected chi connectivity index (χ4v) is 1.23. The maximum atomic E-state index is 11.2. The van der Waals surface area contributed by atoms with Crippen molar-refractivity contribution in [3.8, 4) is 18.1 Å². The molecule has 4 heteroatoms. The molecule has 0 saturated heterocycles. The van der Waals surface area contributed by atoms with Crippen molar-refractivity contribution in [2.45, 2.75) is 0 Å². The summed E-state index contributed by atoms with van der Waals surface area (Å²) in [6.07, 6.45) is 5.03. The highest BCUT2D eigenvalue weighted by molar-refractivity contribution is 6.33. The number of benzene rings is 1. The predicted octanol–water partition coefficient (Wildman–Crippen LogP) is 2.14. The van der Waals surface area contributed by atoms with E-state index in [4.69, 9.17) is 22.8 Å². The fraction of sp³-hybridized carbons (Fsp3) is 0.182. The van der Waals surface area contributed by atoms with E-state index in [9.17, 15) is 4.79 Å². The number of hydrogen-bond donors (Lipinski definition) is 0. The molecule has 0 aliphatic rings. The number of terminal acetylenes is 1. The summed E-state index contributed by atoms with van der Waals surface area (Å²) in [5, 5.41) is 0.274. The number of carbonyl (C=O) groups excluding carboxylic acids is 1. The molecule has 0 aliphatic heterocycles. The average Bonchev–Trinajstić information content (AvgIpc) is 2.25. The molecule has 1 rings (SSSR count). The normalized spacial score (nSPS) is 9.13. The molecule has 0 atom stereocenters. The summed E-state index contributed by atoms with van der Waals surface area (Å²) < 4.78 is 9.67. The minimum absolute atomic E-state index is 0.161. The molecule has 0 aromatic heterocycles. The molecule has 1 aromatic carbocycles. The van der Waals surface area contributed by atoms with Crippen LogP contribution >= 0.6 is 11.6 Å². The second-order valence-electron chi connectivity index (χ2n) is 2.63. The summed E-state index contributed by atoms with van der Waals surface area (Å²) in [5.74, 6) is 2.36. The van der Waals surface area contributed by atoms with Crippen LogP contribution in [-0.2, 0) is 4.74 Å². The van der Waals surface area contributed by atoms with Crippen molar-refractivity contribution in [2.75, 3.05) is 13.7 Å². The van der Waals surface area contributed by atoms with Crippen molar-refractivity contribution in [1.29, 1.82) is 0 Å². The first kappa shape index (κ1) is 11.4. The van der Waals surface area contributed by atoms with E-state index in [0.717, 1.165) is 0 Å². The van der Waals surface area contributed by atoms with Crippen LogP contribution in [0, 0.1) is 12.3 Å². The van der Waals surface area contributed by atoms with Gasteiger partial charge in [-0.1, -0.05) is 17.5 Å². The summed E-state index contributed by atoms with van der Waals surface area (Å²) in [6, 6.07) is 4.65. The van der Waals surface area contributed by atoms with Crippen molar-refractivity contribution in [3.05, 3.63) is 28.8 Å². The molecular weight excluding hydrogens is 216 g/mol. The van der Waals surface area contributed by atoms with E-state index in [1.54, 1.807) is 6.07 Å². The second kappa shape index (κ2) is 5.28. The van der Waals surface area contributed by atoms with Crippen molar-refractivity contribution >= 4 is 17.6 Å². The third-order valence-corrected chi connectivity index (χ3v) is 1.98. The summed E-state index contributed by atoms with van der Waals surface area (Å²) in [5.41, 5.74) is 0.298. The lowest BCUT2D eigenvalue weighted by molar-refractivity contribution is 0.0601. The van der Waals surface area contributed by atoms with Crippen LogP contribution < -0.4 is 4.74 Å². The molecule has 0 bridgehead atoms. The zero-order chi connectivity index (χ0) is 11.3. The van der Waals surface area contributed by atoms with E-state index in [1.165, 1.54) is 19.2 Å². The maximum absolute atomic E-state index is 11.2. The third-order valence-electron chi connectivity index (χ3n) is 1.67. The van der Waals surface area contributed by atoms with Gasteiger partial charge in [0.2, 0.25) is 0 Å². The van der Waals surface area contributed by atoms with E-state index in [2.05, 4.69) is 10.7 Å². The number of rotatable bonds is 3. The van der Waals surface area contributed by atoms with Crippen molar-refractivity contribution in [3.63, 3.8) is 0 Å². The van der Waals surface area contributed by atoms with Crippen LogP contribution in [0.25, 0.3) is 0 Å². The Labute approximate surface area is 92.9 Å². The Morgan fingerprint density at radius 2 is 2.33 bits per heavy atom. The van der Waals surface area contributed by atoms with Gasteiger partial charge < -0.3 is 9.47 Å². The molecule has 3 nitrogen and oxygen atoms in total. The average molecular weight is 225 g/mol. The smallest absolute Gasteiger partial charge is 0.339 e. The molecule has 1 aromatic rings. The molecule has 78 valence electrons. The monoisotopic (exact) mass is 224 g/mol. The van der Waals surface area contributed by atoms with E-state index >= 15 is 0 Å². The molecule has 0 amide bonds. The van der Waals surface area contributed by atoms with E-state index in [0.29, 0.717) is 11.3 Å². The van der Waals surface area contributed by atoms with E-state index in [-0.39, 0.29) is 11.6 Å². The number of ether oxygens (including phenoxy) is 2. The van der Waals surface area contributed by atoms with Crippen LogP contribution in [0.15, 0.2) is 18.2 Å². The Hall–Kier alpha value is -1.66. The van der Waals surface area contributed by atoms with Gasteiger partial charge in [-0.25, -0.2) is 4.79 Å². The summed E-state index contributed by atoms with van der Waals surface area (Å²) in [6.45, 7) is 0.161. The highest BCUT2D eigenvalue weighted by atomic mass is 35.5. The number of halogens is 1. The van der Waals surface area contributed by atoms with Gasteiger partial charge in [0.25, 0.3) is 0 Å². The van der Waals surface area contributed by atoms with Gasteiger partial charge in [0.15, 0.2) is 0 Å². The van der Waals surface area contributed by atoms with Gasteiger partial charge in [-0.3, -0.25) is 0 Å². The lowest BCUT2D eigenvalue weighted by Crippen LogP contribution is -2.02. The Balaban J connectivity index is 2.89. The van der Waals surface area contributed by atoms with Crippen LogP contribution in [0.4, 0.5) is 0 Å². The molecule has 0 unspecified atom stereocenters. The van der Waals surface area contributed by atoms with Crippen molar-refractivity contribution < 1.29 is 14.3 Å². The van der Waals surface area contributed by atoms with Gasteiger partial charge in [-0.2, -0.15) is 0 Å². The first-order valence-corrected chi connectivity index (χ1v) is 4.51. The molecule has 0 heterocycles. The summed E-state index contributed by atoms with van der Waals surface area (Å²) >= 11 is 5.85. The Morgan fingerprint density at radius 1 is 1.60 bits per heavy atom. The van der Waals surface area contributed by atoms with Crippen LogP contribution in [0.3, 0.4) is 0 Å². The quantitative estimate of drug-likeness (QED) is 0.583. The molecule has 15 heavy (non-hydrogen) atoms. The molecule has 0 N–H and O–H groups in total. The predicted molar refractivity (Wildman–Crippen MR) is 57.1 cm³/mol. The first-order chi connectivity index (χ1) is 7.19. The number of hydrogen-bond acceptors (Lipinski definition) is 3. The highest BCUT2D eigenvalue weighted by Gasteiger charge is 2.10. The second-order valence-corrected chi connectivity index (χ2v) is 3.03. The SMILES string of the molecule is C#CCOc1ccc(C(=O)OC)c(Cl)c1. The Kier molecular flexibility index (Phi) is 4.02. The molecular formula is C11H9ClO3. The first-order valence-electron chi connectivity index (χ1n) is 4.13. The minimum atomic E-state index is -0.483. The zero-order valence-electron chi connectivity index (χ0n) is 8.12. The number of esters is 1. The van der Waals surface area contributed by atoms with Crippen molar-refractivity contribution in [2.24, 2.45) is 0 Å². The minimum Gasteiger partial charge on any atom is -0.481 e. The molecule has 0 saturated carbocycles. The fourth-order valence-electron chi connectivity index (χ4n) is 0.986. The van der Waals surface area contributed by atoms with Crippen LogP contribution in [0.5, 0.6) is 5.75 Å². The van der Waals surface area contributed by atoms with E-state index in [1.807, 2.05) is 0 Å². The van der Waals surface area contributed by atoms with Gasteiger partial charge in [-0.15, -0.1) is 6.42 Å². The largest absolute Gasteiger partial charge is 0.481 e. The lowest BCUT2D eigenvalue weighted by Gasteiger charge is -2.05. The standard InChI is InChI=1S/C11H9ClO3/c1-3-6-15-8-4-5-9(10(12)7-8)11(13)14-2/h1,4-5,7H,6H2,2H3. The van der Waals surface area contributed by atoms with Crippen LogP contribution in [0.2, 0.25) is 5.02 Å². The Bertz CT molecular complexity index is 407. The van der Waals surface area contributed by atoms with Crippen molar-refractivity contribution in [1.82, 2.24) is 0 Å². The Morgan fingerprint density at radius 3 is 2.87 bits per heavy atom. The number of methoxy groups -OCH3 is 1. The van der Waals surface area contributed by atoms with E-state index < -0.39 is 5.97 Å². The van der Waals surface area contributed by atoms with Gasteiger partial charge in [0.05, 0.1) is 17.7 Å². The number of carbonyl (C=O) groups is 1. The zero-order valence-corrected chi connectivity index (χ0v) is 8.88. The van der Waals surface area contributed by atoms with Gasteiger partial charge in [0.1, 0.15) is 12.4 Å². The van der Waals surface area contributed by atoms with Crippen LogP contribution in [0.1, 0.15) is 10.4 Å². The van der Waals surface area contributed by atoms with Gasteiger partial charge in [0, 0.05) is 0 Å². The maximum Gasteiger partial charge on any atom is 0.339 e. The molecule has 0 radical (unpaired) electrons. The summed E-state index contributed by atoms with van der Waals surface area (Å²) in [7, 11) is 1.29. The third kappa shape index (κ3) is 2.90. The topological polar surface area (TPSA) is 35.5 Å².